The predicted octanol–water partition coefficient (Wildman–Crippen LogP) is 1.42. The molecule has 2 rings (SSSR count). The maximum atomic E-state index is 12.1. The number of nitrogens with one attached hydrogen (secondary N) is 2. The highest BCUT2D eigenvalue weighted by molar-refractivity contribution is 7.92. The van der Waals surface area contributed by atoms with E-state index in [0.29, 0.717) is 24.2 Å². The number of benzene rings is 1. The Morgan fingerprint density at radius 3 is 2.36 bits per heavy atom. The van der Waals surface area contributed by atoms with Gasteiger partial charge in [0.25, 0.3) is 0 Å². The number of amides is 1. The van der Waals surface area contributed by atoms with E-state index in [-0.39, 0.29) is 5.91 Å². The number of carbonyl (C=O) groups is 2. The number of carboxylic acid groups (broad SMARTS) is 1. The number of aliphatic carboxylic acids is 1. The van der Waals surface area contributed by atoms with E-state index in [1.54, 1.807) is 19.1 Å². The molecule has 0 saturated heterocycles. The molecule has 0 aromatic heterocycles. The van der Waals surface area contributed by atoms with Crippen LogP contribution in [0.1, 0.15) is 18.4 Å². The first-order valence-corrected chi connectivity index (χ1v) is 8.68. The van der Waals surface area contributed by atoms with Crippen molar-refractivity contribution in [3.8, 4) is 0 Å². The maximum absolute atomic E-state index is 12.1. The van der Waals surface area contributed by atoms with E-state index in [4.69, 9.17) is 5.11 Å². The molecule has 0 radical (unpaired) electrons. The minimum absolute atomic E-state index is 0.354. The van der Waals surface area contributed by atoms with Gasteiger partial charge >= 0.3 is 5.97 Å². The monoisotopic (exact) mass is 326 g/mol. The smallest absolute Gasteiger partial charge is 0.307 e. The van der Waals surface area contributed by atoms with Gasteiger partial charge in [-0.25, -0.2) is 8.42 Å². The topological polar surface area (TPSA) is 113 Å². The first-order chi connectivity index (χ1) is 10.2. The molecule has 120 valence electrons. The Bertz CT molecular complexity index is 714. The van der Waals surface area contributed by atoms with Crippen LogP contribution in [0.25, 0.3) is 0 Å². The van der Waals surface area contributed by atoms with Crippen LogP contribution >= 0.6 is 0 Å². The lowest BCUT2D eigenvalue weighted by Gasteiger charge is -2.31. The fraction of sp³-hybridized carbons (Fsp3) is 0.429. The van der Waals surface area contributed by atoms with Crippen molar-refractivity contribution in [1.82, 2.24) is 0 Å². The maximum Gasteiger partial charge on any atom is 0.307 e. The summed E-state index contributed by atoms with van der Waals surface area (Å²) in [7, 11) is -3.42. The van der Waals surface area contributed by atoms with Crippen LogP contribution in [0.15, 0.2) is 18.2 Å². The largest absolute Gasteiger partial charge is 0.481 e. The van der Waals surface area contributed by atoms with Crippen LogP contribution in [0.5, 0.6) is 0 Å². The number of anilines is 2. The van der Waals surface area contributed by atoms with E-state index in [1.165, 1.54) is 6.07 Å². The molecule has 0 aliphatic heterocycles. The minimum Gasteiger partial charge on any atom is -0.481 e. The van der Waals surface area contributed by atoms with Crippen molar-refractivity contribution in [2.75, 3.05) is 16.3 Å². The summed E-state index contributed by atoms with van der Waals surface area (Å²) < 4.78 is 25.0. The molecule has 1 aliphatic rings. The SMILES string of the molecule is Cc1ccc(NC(=O)C2CCC2C(=O)O)cc1NS(C)(=O)=O. The molecular weight excluding hydrogens is 308 g/mol. The van der Waals surface area contributed by atoms with Crippen molar-refractivity contribution in [3.05, 3.63) is 23.8 Å². The van der Waals surface area contributed by atoms with Crippen molar-refractivity contribution in [2.45, 2.75) is 19.8 Å². The van der Waals surface area contributed by atoms with Gasteiger partial charge in [-0.2, -0.15) is 0 Å². The fourth-order valence-electron chi connectivity index (χ4n) is 2.35. The van der Waals surface area contributed by atoms with E-state index in [0.717, 1.165) is 11.8 Å². The molecule has 2 unspecified atom stereocenters. The molecule has 1 fully saturated rings. The Labute approximate surface area is 128 Å². The zero-order valence-corrected chi connectivity index (χ0v) is 13.1. The van der Waals surface area contributed by atoms with Crippen molar-refractivity contribution < 1.29 is 23.1 Å². The Morgan fingerprint density at radius 1 is 1.23 bits per heavy atom. The Morgan fingerprint density at radius 2 is 1.86 bits per heavy atom. The molecule has 3 N–H and O–H groups in total. The van der Waals surface area contributed by atoms with Gasteiger partial charge in [0.05, 0.1) is 23.8 Å². The molecule has 1 aromatic carbocycles. The van der Waals surface area contributed by atoms with E-state index < -0.39 is 27.8 Å². The summed E-state index contributed by atoms with van der Waals surface area (Å²) in [6.07, 6.45) is 2.09. The quantitative estimate of drug-likeness (QED) is 0.757. The summed E-state index contributed by atoms with van der Waals surface area (Å²) in [5, 5.41) is 11.6. The number of aryl methyl sites for hydroxylation is 1. The van der Waals surface area contributed by atoms with Gasteiger partial charge in [-0.15, -0.1) is 0 Å². The molecule has 1 saturated carbocycles. The van der Waals surface area contributed by atoms with Gasteiger partial charge in [-0.1, -0.05) is 6.07 Å². The third-order valence-corrected chi connectivity index (χ3v) is 4.32. The van der Waals surface area contributed by atoms with Crippen LogP contribution in [0.4, 0.5) is 11.4 Å². The van der Waals surface area contributed by atoms with Gasteiger partial charge in [0, 0.05) is 5.69 Å². The summed E-state index contributed by atoms with van der Waals surface area (Å²) in [4.78, 5) is 23.0. The van der Waals surface area contributed by atoms with Crippen molar-refractivity contribution in [3.63, 3.8) is 0 Å². The van der Waals surface area contributed by atoms with Gasteiger partial charge in [0.1, 0.15) is 0 Å². The van der Waals surface area contributed by atoms with Crippen molar-refractivity contribution in [2.24, 2.45) is 11.8 Å². The minimum atomic E-state index is -3.42. The summed E-state index contributed by atoms with van der Waals surface area (Å²) in [5.74, 6) is -2.49. The first kappa shape index (κ1) is 16.3. The zero-order valence-electron chi connectivity index (χ0n) is 12.3. The molecule has 1 aliphatic carbocycles. The molecule has 0 spiro atoms. The zero-order chi connectivity index (χ0) is 16.5. The number of hydrogen-bond donors (Lipinski definition) is 3. The Kier molecular flexibility index (Phi) is 4.41. The van der Waals surface area contributed by atoms with Crippen molar-refractivity contribution in [1.29, 1.82) is 0 Å². The molecule has 0 bridgehead atoms. The Hall–Kier alpha value is -2.09. The highest BCUT2D eigenvalue weighted by Gasteiger charge is 2.41. The third kappa shape index (κ3) is 3.76. The van der Waals surface area contributed by atoms with Crippen LogP contribution in [0.2, 0.25) is 0 Å². The van der Waals surface area contributed by atoms with Gasteiger partial charge in [0.15, 0.2) is 0 Å². The van der Waals surface area contributed by atoms with E-state index >= 15 is 0 Å². The average Bonchev–Trinajstić information content (AvgIpc) is 2.29. The molecule has 22 heavy (non-hydrogen) atoms. The molecule has 1 amide bonds. The third-order valence-electron chi connectivity index (χ3n) is 3.73. The number of carboxylic acids is 1. The standard InChI is InChI=1S/C14H18N2O5S/c1-8-3-4-9(7-12(8)16-22(2,20)21)15-13(17)10-5-6-11(10)14(18)19/h3-4,7,10-11,16H,5-6H2,1-2H3,(H,15,17)(H,18,19). The second kappa shape index (κ2) is 5.96. The summed E-state index contributed by atoms with van der Waals surface area (Å²) in [6, 6.07) is 4.84. The van der Waals surface area contributed by atoms with E-state index in [2.05, 4.69) is 10.0 Å². The van der Waals surface area contributed by atoms with Crippen LogP contribution in [0, 0.1) is 18.8 Å². The lowest BCUT2D eigenvalue weighted by atomic mass is 9.73. The second-order valence-corrected chi connectivity index (χ2v) is 7.27. The van der Waals surface area contributed by atoms with Crippen LogP contribution in [0.3, 0.4) is 0 Å². The summed E-state index contributed by atoms with van der Waals surface area (Å²) in [5.41, 5.74) is 1.52. The van der Waals surface area contributed by atoms with Crippen molar-refractivity contribution >= 4 is 33.3 Å². The second-order valence-electron chi connectivity index (χ2n) is 5.52. The van der Waals surface area contributed by atoms with Gasteiger partial charge in [-0.05, 0) is 37.5 Å². The number of rotatable bonds is 5. The molecule has 1 aromatic rings. The van der Waals surface area contributed by atoms with Gasteiger partial charge in [0.2, 0.25) is 15.9 Å². The van der Waals surface area contributed by atoms with Gasteiger partial charge in [-0.3, -0.25) is 14.3 Å². The summed E-state index contributed by atoms with van der Waals surface area (Å²) in [6.45, 7) is 1.74. The molecular formula is C14H18N2O5S. The van der Waals surface area contributed by atoms with Crippen LogP contribution in [-0.4, -0.2) is 31.7 Å². The predicted molar refractivity (Wildman–Crippen MR) is 82.1 cm³/mol. The van der Waals surface area contributed by atoms with E-state index in [9.17, 15) is 18.0 Å². The normalized spacial score (nSPS) is 20.8. The molecule has 2 atom stereocenters. The van der Waals surface area contributed by atoms with Gasteiger partial charge < -0.3 is 10.4 Å². The number of sulfonamides is 1. The highest BCUT2D eigenvalue weighted by atomic mass is 32.2. The fourth-order valence-corrected chi connectivity index (χ4v) is 2.97. The average molecular weight is 326 g/mol. The highest BCUT2D eigenvalue weighted by Crippen LogP contribution is 2.35. The Balaban J connectivity index is 2.12. The number of carbonyl (C=O) groups excluding carboxylic acids is 1. The lowest BCUT2D eigenvalue weighted by Crippen LogP contribution is -2.41. The molecule has 0 heterocycles. The van der Waals surface area contributed by atoms with Crippen LogP contribution in [-0.2, 0) is 19.6 Å². The van der Waals surface area contributed by atoms with Crippen LogP contribution < -0.4 is 10.0 Å². The van der Waals surface area contributed by atoms with E-state index in [1.807, 2.05) is 0 Å². The first-order valence-electron chi connectivity index (χ1n) is 6.79. The molecule has 7 nitrogen and oxygen atoms in total. The molecule has 8 heteroatoms. The summed E-state index contributed by atoms with van der Waals surface area (Å²) >= 11 is 0. The lowest BCUT2D eigenvalue weighted by molar-refractivity contribution is -0.151. The number of hydrogen-bond acceptors (Lipinski definition) is 4.